The van der Waals surface area contributed by atoms with Crippen molar-refractivity contribution >= 4 is 17.7 Å². The van der Waals surface area contributed by atoms with Crippen LogP contribution in [0.15, 0.2) is 73.1 Å². The summed E-state index contributed by atoms with van der Waals surface area (Å²) in [5, 5.41) is 6.12. The van der Waals surface area contributed by atoms with E-state index in [0.29, 0.717) is 6.54 Å². The molecular formula is C23H21F2N3O. The molecule has 3 rings (SSSR count). The van der Waals surface area contributed by atoms with Crippen LogP contribution in [0.1, 0.15) is 29.7 Å². The number of hydrogen-bond donors (Lipinski definition) is 2. The SMILES string of the molecule is C[C@H](NC(=O)C=Cc1c(F)cccc1F)c1cccc(NCc2cccnc2)c1. The highest BCUT2D eigenvalue weighted by Crippen LogP contribution is 2.18. The summed E-state index contributed by atoms with van der Waals surface area (Å²) < 4.78 is 27.3. The molecule has 0 radical (unpaired) electrons. The molecule has 2 aromatic carbocycles. The number of halogens is 2. The molecule has 2 N–H and O–H groups in total. The fourth-order valence-corrected chi connectivity index (χ4v) is 2.80. The maximum atomic E-state index is 13.6. The van der Waals surface area contributed by atoms with Crippen molar-refractivity contribution < 1.29 is 13.6 Å². The maximum absolute atomic E-state index is 13.6. The number of rotatable bonds is 7. The van der Waals surface area contributed by atoms with Gasteiger partial charge in [0.15, 0.2) is 0 Å². The molecule has 4 nitrogen and oxygen atoms in total. The summed E-state index contributed by atoms with van der Waals surface area (Å²) in [6.45, 7) is 2.48. The number of aromatic nitrogens is 1. The highest BCUT2D eigenvalue weighted by atomic mass is 19.1. The minimum atomic E-state index is -0.713. The number of nitrogens with zero attached hydrogens (tertiary/aromatic N) is 1. The smallest absolute Gasteiger partial charge is 0.244 e. The number of benzene rings is 2. The van der Waals surface area contributed by atoms with E-state index >= 15 is 0 Å². The average molecular weight is 393 g/mol. The van der Waals surface area contributed by atoms with Gasteiger partial charge in [-0.1, -0.05) is 24.3 Å². The third-order valence-corrected chi connectivity index (χ3v) is 4.37. The van der Waals surface area contributed by atoms with Crippen molar-refractivity contribution in [3.8, 4) is 0 Å². The number of anilines is 1. The second kappa shape index (κ2) is 9.59. The van der Waals surface area contributed by atoms with Crippen LogP contribution in [0.4, 0.5) is 14.5 Å². The Morgan fingerprint density at radius 3 is 2.59 bits per heavy atom. The van der Waals surface area contributed by atoms with Gasteiger partial charge in [0.2, 0.25) is 5.91 Å². The molecule has 0 saturated heterocycles. The second-order valence-electron chi connectivity index (χ2n) is 6.54. The van der Waals surface area contributed by atoms with Crippen molar-refractivity contribution in [3.63, 3.8) is 0 Å². The summed E-state index contributed by atoms with van der Waals surface area (Å²) in [4.78, 5) is 16.2. The van der Waals surface area contributed by atoms with Crippen molar-refractivity contribution in [3.05, 3.63) is 101 Å². The molecule has 1 aromatic heterocycles. The molecule has 1 atom stereocenters. The van der Waals surface area contributed by atoms with Gasteiger partial charge in [-0.2, -0.15) is 0 Å². The zero-order chi connectivity index (χ0) is 20.6. The lowest BCUT2D eigenvalue weighted by molar-refractivity contribution is -0.117. The van der Waals surface area contributed by atoms with Crippen molar-refractivity contribution in [2.24, 2.45) is 0 Å². The number of carbonyl (C=O) groups excluding carboxylic acids is 1. The summed E-state index contributed by atoms with van der Waals surface area (Å²) in [7, 11) is 0. The van der Waals surface area contributed by atoms with E-state index in [1.165, 1.54) is 6.07 Å². The molecule has 0 aliphatic rings. The molecule has 0 fully saturated rings. The highest BCUT2D eigenvalue weighted by molar-refractivity contribution is 5.92. The number of carbonyl (C=O) groups is 1. The minimum Gasteiger partial charge on any atom is -0.381 e. The summed E-state index contributed by atoms with van der Waals surface area (Å²) >= 11 is 0. The molecule has 0 aliphatic carbocycles. The van der Waals surface area contributed by atoms with Crippen LogP contribution in [0.2, 0.25) is 0 Å². The monoisotopic (exact) mass is 393 g/mol. The van der Waals surface area contributed by atoms with E-state index in [2.05, 4.69) is 15.6 Å². The van der Waals surface area contributed by atoms with Crippen molar-refractivity contribution in [1.82, 2.24) is 10.3 Å². The molecule has 0 saturated carbocycles. The standard InChI is InChI=1S/C23H21F2N3O/c1-16(28-23(29)11-10-20-21(24)8-3-9-22(20)25)18-6-2-7-19(13-18)27-15-17-5-4-12-26-14-17/h2-14,16,27H,15H2,1H3,(H,28,29)/t16-/m0/s1. The molecule has 0 unspecified atom stereocenters. The average Bonchev–Trinajstić information content (AvgIpc) is 2.73. The van der Waals surface area contributed by atoms with E-state index in [0.717, 1.165) is 41.1 Å². The lowest BCUT2D eigenvalue weighted by Gasteiger charge is -2.15. The fourth-order valence-electron chi connectivity index (χ4n) is 2.80. The largest absolute Gasteiger partial charge is 0.381 e. The van der Waals surface area contributed by atoms with Gasteiger partial charge in [-0.15, -0.1) is 0 Å². The molecule has 6 heteroatoms. The second-order valence-corrected chi connectivity index (χ2v) is 6.54. The first kappa shape index (κ1) is 20.2. The van der Waals surface area contributed by atoms with E-state index in [9.17, 15) is 13.6 Å². The van der Waals surface area contributed by atoms with E-state index in [4.69, 9.17) is 0 Å². The Bertz CT molecular complexity index is 986. The molecule has 1 amide bonds. The van der Waals surface area contributed by atoms with Gasteiger partial charge in [0.05, 0.1) is 6.04 Å². The summed E-state index contributed by atoms with van der Waals surface area (Å²) in [5.41, 5.74) is 2.64. The Labute approximate surface area is 168 Å². The van der Waals surface area contributed by atoms with Gasteiger partial charge in [-0.3, -0.25) is 9.78 Å². The topological polar surface area (TPSA) is 54.0 Å². The van der Waals surface area contributed by atoms with Crippen LogP contribution >= 0.6 is 0 Å². The van der Waals surface area contributed by atoms with E-state index in [1.807, 2.05) is 43.3 Å². The van der Waals surface area contributed by atoms with E-state index in [-0.39, 0.29) is 11.6 Å². The van der Waals surface area contributed by atoms with Crippen molar-refractivity contribution in [1.29, 1.82) is 0 Å². The Balaban J connectivity index is 1.60. The zero-order valence-electron chi connectivity index (χ0n) is 15.9. The predicted molar refractivity (Wildman–Crippen MR) is 110 cm³/mol. The first-order valence-electron chi connectivity index (χ1n) is 9.18. The van der Waals surface area contributed by atoms with Gasteiger partial charge < -0.3 is 10.6 Å². The first-order chi connectivity index (χ1) is 14.0. The number of pyridine rings is 1. The Kier molecular flexibility index (Phi) is 6.68. The van der Waals surface area contributed by atoms with E-state index in [1.54, 1.807) is 12.4 Å². The summed E-state index contributed by atoms with van der Waals surface area (Å²) in [6.07, 6.45) is 5.79. The third-order valence-electron chi connectivity index (χ3n) is 4.37. The van der Waals surface area contributed by atoms with Crippen LogP contribution in [0.5, 0.6) is 0 Å². The van der Waals surface area contributed by atoms with Crippen molar-refractivity contribution in [2.45, 2.75) is 19.5 Å². The molecular weight excluding hydrogens is 372 g/mol. The molecule has 0 bridgehead atoms. The van der Waals surface area contributed by atoms with Crippen LogP contribution in [-0.2, 0) is 11.3 Å². The van der Waals surface area contributed by atoms with Gasteiger partial charge in [-0.25, -0.2) is 8.78 Å². The Morgan fingerprint density at radius 1 is 1.10 bits per heavy atom. The first-order valence-corrected chi connectivity index (χ1v) is 9.18. The van der Waals surface area contributed by atoms with Crippen LogP contribution in [-0.4, -0.2) is 10.9 Å². The number of amides is 1. The quantitative estimate of drug-likeness (QED) is 0.564. The lowest BCUT2D eigenvalue weighted by Crippen LogP contribution is -2.24. The van der Waals surface area contributed by atoms with Crippen LogP contribution in [0, 0.1) is 11.6 Å². The maximum Gasteiger partial charge on any atom is 0.244 e. The van der Waals surface area contributed by atoms with Crippen LogP contribution < -0.4 is 10.6 Å². The van der Waals surface area contributed by atoms with Crippen LogP contribution in [0.25, 0.3) is 6.08 Å². The predicted octanol–water partition coefficient (Wildman–Crippen LogP) is 4.86. The molecule has 29 heavy (non-hydrogen) atoms. The summed E-state index contributed by atoms with van der Waals surface area (Å²) in [5.74, 6) is -1.86. The molecule has 0 spiro atoms. The fraction of sp³-hybridized carbons (Fsp3) is 0.130. The third kappa shape index (κ3) is 5.72. The van der Waals surface area contributed by atoms with Gasteiger partial charge in [0, 0.05) is 36.3 Å². The van der Waals surface area contributed by atoms with Gasteiger partial charge >= 0.3 is 0 Å². The van der Waals surface area contributed by atoms with Gasteiger partial charge in [-0.05, 0) is 54.5 Å². The van der Waals surface area contributed by atoms with Gasteiger partial charge in [0.1, 0.15) is 11.6 Å². The highest BCUT2D eigenvalue weighted by Gasteiger charge is 2.10. The lowest BCUT2D eigenvalue weighted by atomic mass is 10.1. The van der Waals surface area contributed by atoms with Crippen molar-refractivity contribution in [2.75, 3.05) is 5.32 Å². The van der Waals surface area contributed by atoms with Crippen LogP contribution in [0.3, 0.4) is 0 Å². The molecule has 148 valence electrons. The normalized spacial score (nSPS) is 12.0. The molecule has 0 aliphatic heterocycles. The Morgan fingerprint density at radius 2 is 1.86 bits per heavy atom. The number of hydrogen-bond acceptors (Lipinski definition) is 3. The minimum absolute atomic E-state index is 0.239. The zero-order valence-corrected chi connectivity index (χ0v) is 15.9. The van der Waals surface area contributed by atoms with Gasteiger partial charge in [0.25, 0.3) is 0 Å². The Hall–Kier alpha value is -3.54. The molecule has 1 heterocycles. The molecule has 3 aromatic rings. The van der Waals surface area contributed by atoms with E-state index < -0.39 is 17.5 Å². The summed E-state index contributed by atoms with van der Waals surface area (Å²) in [6, 6.07) is 14.8. The number of nitrogens with one attached hydrogen (secondary N) is 2.